The van der Waals surface area contributed by atoms with Crippen LogP contribution in [0, 0.1) is 5.82 Å². The van der Waals surface area contributed by atoms with E-state index in [-0.39, 0.29) is 42.8 Å². The number of carbonyl (C=O) groups excluding carboxylic acids is 1. The van der Waals surface area contributed by atoms with E-state index < -0.39 is 10.0 Å². The van der Waals surface area contributed by atoms with Crippen molar-refractivity contribution in [2.24, 2.45) is 0 Å². The van der Waals surface area contributed by atoms with E-state index in [1.54, 1.807) is 35.2 Å². The number of piperazine rings is 1. The molecule has 0 aliphatic carbocycles. The minimum Gasteiger partial charge on any atom is -0.497 e. The summed E-state index contributed by atoms with van der Waals surface area (Å²) in [5.74, 6) is 0.0273. The smallest absolute Gasteiger partial charge is 0.264 e. The number of benzene rings is 2. The van der Waals surface area contributed by atoms with Crippen LogP contribution < -0.4 is 4.74 Å². The van der Waals surface area contributed by atoms with Gasteiger partial charge in [0.05, 0.1) is 16.9 Å². The maximum Gasteiger partial charge on any atom is 0.264 e. The Morgan fingerprint density at radius 2 is 1.76 bits per heavy atom. The minimum atomic E-state index is -3.63. The van der Waals surface area contributed by atoms with Gasteiger partial charge in [-0.2, -0.15) is 4.31 Å². The number of hydrogen-bond donors (Lipinski definition) is 0. The van der Waals surface area contributed by atoms with Crippen molar-refractivity contribution in [3.05, 3.63) is 59.2 Å². The number of rotatable bonds is 4. The summed E-state index contributed by atoms with van der Waals surface area (Å²) in [4.78, 5) is 15.1. The highest BCUT2D eigenvalue weighted by Gasteiger charge is 2.31. The molecule has 4 rings (SSSR count). The first-order valence-corrected chi connectivity index (χ1v) is 11.3. The van der Waals surface area contributed by atoms with E-state index in [1.807, 2.05) is 0 Å². The molecule has 6 nitrogen and oxygen atoms in total. The molecule has 1 saturated heterocycles. The summed E-state index contributed by atoms with van der Waals surface area (Å²) in [5, 5.41) is 0.432. The molecule has 2 heterocycles. The number of hydrogen-bond acceptors (Lipinski definition) is 5. The predicted octanol–water partition coefficient (Wildman–Crippen LogP) is 3.20. The number of nitrogens with zero attached hydrogens (tertiary/aromatic N) is 2. The molecule has 0 unspecified atom stereocenters. The van der Waals surface area contributed by atoms with E-state index >= 15 is 0 Å². The van der Waals surface area contributed by atoms with Crippen LogP contribution in [0.2, 0.25) is 0 Å². The molecule has 3 aromatic rings. The van der Waals surface area contributed by atoms with Gasteiger partial charge in [0.15, 0.2) is 0 Å². The van der Waals surface area contributed by atoms with Crippen molar-refractivity contribution in [1.82, 2.24) is 9.21 Å². The van der Waals surface area contributed by atoms with Gasteiger partial charge >= 0.3 is 0 Å². The van der Waals surface area contributed by atoms with Gasteiger partial charge in [0.25, 0.3) is 5.91 Å². The fourth-order valence-electron chi connectivity index (χ4n) is 3.31. The normalized spacial score (nSPS) is 15.6. The second-order valence-corrected chi connectivity index (χ2v) is 9.66. The first-order chi connectivity index (χ1) is 13.9. The lowest BCUT2D eigenvalue weighted by Gasteiger charge is -2.33. The van der Waals surface area contributed by atoms with Gasteiger partial charge in [0.1, 0.15) is 11.6 Å². The number of ether oxygens (including phenoxy) is 1. The first-order valence-electron chi connectivity index (χ1n) is 9.02. The third-order valence-electron chi connectivity index (χ3n) is 4.94. The van der Waals surface area contributed by atoms with E-state index in [4.69, 9.17) is 4.74 Å². The molecule has 2 aromatic carbocycles. The summed E-state index contributed by atoms with van der Waals surface area (Å²) in [6.45, 7) is 0.981. The summed E-state index contributed by atoms with van der Waals surface area (Å²) >= 11 is 1.24. The zero-order chi connectivity index (χ0) is 20.6. The van der Waals surface area contributed by atoms with Crippen molar-refractivity contribution >= 4 is 37.4 Å². The number of sulfonamides is 1. The van der Waals surface area contributed by atoms with E-state index in [0.717, 1.165) is 0 Å². The average molecular weight is 435 g/mol. The van der Waals surface area contributed by atoms with Gasteiger partial charge in [-0.15, -0.1) is 11.3 Å². The maximum atomic E-state index is 13.9. The number of fused-ring (bicyclic) bond motifs is 1. The SMILES string of the molecule is COc1ccc(S(=O)(=O)N2CCN(C(=O)c3cc4c(F)cccc4s3)CC2)cc1. The van der Waals surface area contributed by atoms with Crippen molar-refractivity contribution in [3.8, 4) is 5.75 Å². The number of methoxy groups -OCH3 is 1. The van der Waals surface area contributed by atoms with Crippen LogP contribution in [0.3, 0.4) is 0 Å². The molecule has 1 aliphatic rings. The number of amides is 1. The minimum absolute atomic E-state index is 0.193. The zero-order valence-corrected chi connectivity index (χ0v) is 17.3. The van der Waals surface area contributed by atoms with Gasteiger partial charge in [-0.3, -0.25) is 4.79 Å². The van der Waals surface area contributed by atoms with Gasteiger partial charge in [0.2, 0.25) is 10.0 Å². The number of halogens is 1. The molecule has 0 spiro atoms. The van der Waals surface area contributed by atoms with Crippen LogP contribution in [0.25, 0.3) is 10.1 Å². The van der Waals surface area contributed by atoms with Gasteiger partial charge in [-0.1, -0.05) is 6.07 Å². The second-order valence-electron chi connectivity index (χ2n) is 6.63. The lowest BCUT2D eigenvalue weighted by Crippen LogP contribution is -2.50. The number of carbonyl (C=O) groups is 1. The highest BCUT2D eigenvalue weighted by molar-refractivity contribution is 7.89. The summed E-state index contributed by atoms with van der Waals surface area (Å²) in [7, 11) is -2.12. The van der Waals surface area contributed by atoms with Gasteiger partial charge in [0, 0.05) is 36.3 Å². The maximum absolute atomic E-state index is 13.9. The van der Waals surface area contributed by atoms with Gasteiger partial charge in [-0.25, -0.2) is 12.8 Å². The third kappa shape index (κ3) is 3.73. The highest BCUT2D eigenvalue weighted by atomic mass is 32.2. The van der Waals surface area contributed by atoms with Crippen LogP contribution in [0.15, 0.2) is 53.4 Å². The van der Waals surface area contributed by atoms with Crippen LogP contribution in [-0.4, -0.2) is 56.8 Å². The summed E-state index contributed by atoms with van der Waals surface area (Å²) in [5.41, 5.74) is 0. The van der Waals surface area contributed by atoms with Gasteiger partial charge < -0.3 is 9.64 Å². The monoisotopic (exact) mass is 434 g/mol. The van der Waals surface area contributed by atoms with Crippen LogP contribution in [-0.2, 0) is 10.0 Å². The highest BCUT2D eigenvalue weighted by Crippen LogP contribution is 2.29. The largest absolute Gasteiger partial charge is 0.497 e. The fraction of sp³-hybridized carbons (Fsp3) is 0.250. The molecule has 0 atom stereocenters. The van der Waals surface area contributed by atoms with Crippen molar-refractivity contribution < 1.29 is 22.3 Å². The molecule has 0 saturated carbocycles. The molecule has 9 heteroatoms. The van der Waals surface area contributed by atoms with E-state index in [2.05, 4.69) is 0 Å². The Balaban J connectivity index is 1.46. The Labute approximate surface area is 172 Å². The Hall–Kier alpha value is -2.49. The average Bonchev–Trinajstić information content (AvgIpc) is 3.19. The summed E-state index contributed by atoms with van der Waals surface area (Å²) in [6, 6.07) is 12.6. The van der Waals surface area contributed by atoms with Crippen molar-refractivity contribution in [1.29, 1.82) is 0 Å². The van der Waals surface area contributed by atoms with E-state index in [0.29, 0.717) is 20.7 Å². The molecule has 1 aliphatic heterocycles. The predicted molar refractivity (Wildman–Crippen MR) is 109 cm³/mol. The molecule has 152 valence electrons. The van der Waals surface area contributed by atoms with Gasteiger partial charge in [-0.05, 0) is 42.5 Å². The van der Waals surface area contributed by atoms with Crippen LogP contribution in [0.1, 0.15) is 9.67 Å². The molecule has 1 amide bonds. The third-order valence-corrected chi connectivity index (χ3v) is 7.94. The topological polar surface area (TPSA) is 66.9 Å². The number of thiophene rings is 1. The van der Waals surface area contributed by atoms with Crippen molar-refractivity contribution in [3.63, 3.8) is 0 Å². The molecule has 0 radical (unpaired) electrons. The van der Waals surface area contributed by atoms with Crippen LogP contribution in [0.4, 0.5) is 4.39 Å². The van der Waals surface area contributed by atoms with Crippen molar-refractivity contribution in [2.45, 2.75) is 4.90 Å². The summed E-state index contributed by atoms with van der Waals surface area (Å²) < 4.78 is 46.7. The second kappa shape index (κ2) is 7.74. The van der Waals surface area contributed by atoms with Crippen LogP contribution >= 0.6 is 11.3 Å². The quantitative estimate of drug-likeness (QED) is 0.633. The Morgan fingerprint density at radius 3 is 2.38 bits per heavy atom. The zero-order valence-electron chi connectivity index (χ0n) is 15.7. The molecule has 0 N–H and O–H groups in total. The molecular formula is C20H19FN2O4S2. The Kier molecular flexibility index (Phi) is 5.28. The first kappa shape index (κ1) is 19.8. The lowest BCUT2D eigenvalue weighted by atomic mass is 10.2. The van der Waals surface area contributed by atoms with E-state index in [9.17, 15) is 17.6 Å². The molecule has 1 fully saturated rings. The molecule has 0 bridgehead atoms. The fourth-order valence-corrected chi connectivity index (χ4v) is 5.78. The van der Waals surface area contributed by atoms with Crippen molar-refractivity contribution in [2.75, 3.05) is 33.3 Å². The lowest BCUT2D eigenvalue weighted by molar-refractivity contribution is 0.0703. The Morgan fingerprint density at radius 1 is 1.07 bits per heavy atom. The summed E-state index contributed by atoms with van der Waals surface area (Å²) in [6.07, 6.45) is 0. The molecule has 29 heavy (non-hydrogen) atoms. The van der Waals surface area contributed by atoms with Crippen LogP contribution in [0.5, 0.6) is 5.75 Å². The standard InChI is InChI=1S/C20H19FN2O4S2/c1-27-14-5-7-15(8-6-14)29(25,26)23-11-9-22(10-12-23)20(24)19-13-16-17(21)3-2-4-18(16)28-19/h2-8,13H,9-12H2,1H3. The molecular weight excluding hydrogens is 415 g/mol. The Bertz CT molecular complexity index is 1150. The van der Waals surface area contributed by atoms with E-state index in [1.165, 1.54) is 41.0 Å². The molecule has 1 aromatic heterocycles.